The van der Waals surface area contributed by atoms with E-state index in [2.05, 4.69) is 5.32 Å². The number of nitrogens with zero attached hydrogens (tertiary/aromatic N) is 1. The Labute approximate surface area is 125 Å². The Morgan fingerprint density at radius 3 is 2.76 bits per heavy atom. The van der Waals surface area contributed by atoms with Crippen molar-refractivity contribution in [2.45, 2.75) is 33.2 Å². The van der Waals surface area contributed by atoms with Crippen molar-refractivity contribution in [3.05, 3.63) is 23.7 Å². The maximum atomic E-state index is 11.9. The summed E-state index contributed by atoms with van der Waals surface area (Å²) in [6.07, 6.45) is 1.03. The zero-order valence-corrected chi connectivity index (χ0v) is 13.0. The number of rotatable bonds is 9. The minimum atomic E-state index is -0.198. The SMILES string of the molecule is CCOC(=O)CCCNCC(=O)N(C)Cc1ccc(C)o1. The lowest BCUT2D eigenvalue weighted by Gasteiger charge is -2.16. The van der Waals surface area contributed by atoms with Gasteiger partial charge in [0.2, 0.25) is 5.91 Å². The second kappa shape index (κ2) is 9.18. The van der Waals surface area contributed by atoms with Gasteiger partial charge in [0.25, 0.3) is 0 Å². The van der Waals surface area contributed by atoms with Crippen molar-refractivity contribution in [2.24, 2.45) is 0 Å². The van der Waals surface area contributed by atoms with Crippen LogP contribution in [0.3, 0.4) is 0 Å². The average Bonchev–Trinajstić information content (AvgIpc) is 2.83. The zero-order chi connectivity index (χ0) is 15.7. The number of likely N-dealkylation sites (N-methyl/N-ethyl adjacent to an activating group) is 1. The van der Waals surface area contributed by atoms with Gasteiger partial charge in [0.05, 0.1) is 19.7 Å². The lowest BCUT2D eigenvalue weighted by atomic mass is 10.3. The van der Waals surface area contributed by atoms with Crippen molar-refractivity contribution >= 4 is 11.9 Å². The maximum absolute atomic E-state index is 11.9. The highest BCUT2D eigenvalue weighted by Gasteiger charge is 2.10. The standard InChI is InChI=1S/C15H24N2O4/c1-4-20-15(19)6-5-9-16-10-14(18)17(3)11-13-8-7-12(2)21-13/h7-8,16H,4-6,9-11H2,1-3H3. The van der Waals surface area contributed by atoms with Crippen molar-refractivity contribution < 1.29 is 18.7 Å². The van der Waals surface area contributed by atoms with Crippen molar-refractivity contribution in [3.63, 3.8) is 0 Å². The van der Waals surface area contributed by atoms with E-state index in [1.165, 1.54) is 0 Å². The van der Waals surface area contributed by atoms with Crippen molar-refractivity contribution in [1.82, 2.24) is 10.2 Å². The molecule has 0 radical (unpaired) electrons. The average molecular weight is 296 g/mol. The molecule has 0 aliphatic heterocycles. The largest absolute Gasteiger partial charge is 0.466 e. The number of esters is 1. The quantitative estimate of drug-likeness (QED) is 0.552. The Bertz CT molecular complexity index is 456. The van der Waals surface area contributed by atoms with Crippen LogP contribution in [0.2, 0.25) is 0 Å². The third kappa shape index (κ3) is 6.94. The van der Waals surface area contributed by atoms with Crippen LogP contribution in [0.25, 0.3) is 0 Å². The Morgan fingerprint density at radius 1 is 1.38 bits per heavy atom. The molecule has 6 nitrogen and oxygen atoms in total. The molecular formula is C15H24N2O4. The van der Waals surface area contributed by atoms with Crippen LogP contribution in [-0.4, -0.2) is 43.5 Å². The number of carbonyl (C=O) groups is 2. The molecule has 0 aliphatic rings. The van der Waals surface area contributed by atoms with Crippen molar-refractivity contribution in [2.75, 3.05) is 26.7 Å². The molecule has 1 amide bonds. The van der Waals surface area contributed by atoms with Crippen molar-refractivity contribution in [3.8, 4) is 0 Å². The molecule has 0 spiro atoms. The molecule has 0 bridgehead atoms. The van der Waals surface area contributed by atoms with Gasteiger partial charge in [0, 0.05) is 13.5 Å². The predicted molar refractivity (Wildman–Crippen MR) is 78.7 cm³/mol. The van der Waals surface area contributed by atoms with Gasteiger partial charge in [-0.05, 0) is 38.9 Å². The Balaban J connectivity index is 2.14. The summed E-state index contributed by atoms with van der Waals surface area (Å²) in [7, 11) is 1.74. The smallest absolute Gasteiger partial charge is 0.305 e. The van der Waals surface area contributed by atoms with E-state index in [0.29, 0.717) is 32.5 Å². The van der Waals surface area contributed by atoms with Gasteiger partial charge < -0.3 is 19.4 Å². The number of furan rings is 1. The van der Waals surface area contributed by atoms with E-state index in [1.807, 2.05) is 19.1 Å². The van der Waals surface area contributed by atoms with Crippen LogP contribution in [0.15, 0.2) is 16.5 Å². The van der Waals surface area contributed by atoms with Crippen LogP contribution >= 0.6 is 0 Å². The van der Waals surface area contributed by atoms with E-state index >= 15 is 0 Å². The van der Waals surface area contributed by atoms with Crippen LogP contribution in [-0.2, 0) is 20.9 Å². The summed E-state index contributed by atoms with van der Waals surface area (Å²) in [6, 6.07) is 3.74. The fourth-order valence-corrected chi connectivity index (χ4v) is 1.81. The topological polar surface area (TPSA) is 71.8 Å². The maximum Gasteiger partial charge on any atom is 0.305 e. The van der Waals surface area contributed by atoms with Gasteiger partial charge in [0.15, 0.2) is 0 Å². The summed E-state index contributed by atoms with van der Waals surface area (Å²) >= 11 is 0. The van der Waals surface area contributed by atoms with Crippen LogP contribution < -0.4 is 5.32 Å². The molecule has 0 aliphatic carbocycles. The Kier molecular flexibility index (Phi) is 7.53. The summed E-state index contributed by atoms with van der Waals surface area (Å²) in [5.41, 5.74) is 0. The van der Waals surface area contributed by atoms with E-state index in [1.54, 1.807) is 18.9 Å². The van der Waals surface area contributed by atoms with Crippen LogP contribution in [0, 0.1) is 6.92 Å². The molecule has 6 heteroatoms. The summed E-state index contributed by atoms with van der Waals surface area (Å²) in [5, 5.41) is 3.02. The van der Waals surface area contributed by atoms with Gasteiger partial charge in [-0.1, -0.05) is 0 Å². The summed E-state index contributed by atoms with van der Waals surface area (Å²) < 4.78 is 10.3. The Hall–Kier alpha value is -1.82. The number of hydrogen-bond acceptors (Lipinski definition) is 5. The lowest BCUT2D eigenvalue weighted by Crippen LogP contribution is -2.35. The number of carbonyl (C=O) groups excluding carboxylic acids is 2. The van der Waals surface area contributed by atoms with Gasteiger partial charge in [0.1, 0.15) is 11.5 Å². The van der Waals surface area contributed by atoms with Gasteiger partial charge in [-0.2, -0.15) is 0 Å². The number of aryl methyl sites for hydroxylation is 1. The number of amides is 1. The van der Waals surface area contributed by atoms with Crippen molar-refractivity contribution in [1.29, 1.82) is 0 Å². The first-order chi connectivity index (χ1) is 10.0. The molecule has 0 fully saturated rings. The minimum absolute atomic E-state index is 0.0137. The fourth-order valence-electron chi connectivity index (χ4n) is 1.81. The lowest BCUT2D eigenvalue weighted by molar-refractivity contribution is -0.143. The zero-order valence-electron chi connectivity index (χ0n) is 13.0. The van der Waals surface area contributed by atoms with Gasteiger partial charge in [-0.15, -0.1) is 0 Å². The van der Waals surface area contributed by atoms with E-state index < -0.39 is 0 Å². The van der Waals surface area contributed by atoms with Gasteiger partial charge in [-0.25, -0.2) is 0 Å². The first-order valence-corrected chi connectivity index (χ1v) is 7.18. The summed E-state index contributed by atoms with van der Waals surface area (Å²) in [5.74, 6) is 1.39. The minimum Gasteiger partial charge on any atom is -0.466 e. The molecule has 1 rings (SSSR count). The summed E-state index contributed by atoms with van der Waals surface area (Å²) in [4.78, 5) is 24.6. The molecular weight excluding hydrogens is 272 g/mol. The normalized spacial score (nSPS) is 10.4. The van der Waals surface area contributed by atoms with E-state index in [4.69, 9.17) is 9.15 Å². The fraction of sp³-hybridized carbons (Fsp3) is 0.600. The number of hydrogen-bond donors (Lipinski definition) is 1. The molecule has 1 N–H and O–H groups in total. The van der Waals surface area contributed by atoms with E-state index in [-0.39, 0.29) is 18.4 Å². The first kappa shape index (κ1) is 17.2. The molecule has 0 aromatic carbocycles. The third-order valence-electron chi connectivity index (χ3n) is 2.93. The second-order valence-electron chi connectivity index (χ2n) is 4.85. The second-order valence-corrected chi connectivity index (χ2v) is 4.85. The van der Waals surface area contributed by atoms with E-state index in [0.717, 1.165) is 11.5 Å². The van der Waals surface area contributed by atoms with Crippen LogP contribution in [0.1, 0.15) is 31.3 Å². The van der Waals surface area contributed by atoms with Crippen LogP contribution in [0.5, 0.6) is 0 Å². The molecule has 21 heavy (non-hydrogen) atoms. The predicted octanol–water partition coefficient (Wildman–Crippen LogP) is 1.48. The molecule has 1 aromatic heterocycles. The Morgan fingerprint density at radius 2 is 2.14 bits per heavy atom. The first-order valence-electron chi connectivity index (χ1n) is 7.18. The third-order valence-corrected chi connectivity index (χ3v) is 2.93. The monoisotopic (exact) mass is 296 g/mol. The highest BCUT2D eigenvalue weighted by molar-refractivity contribution is 5.77. The summed E-state index contributed by atoms with van der Waals surface area (Å²) in [6.45, 7) is 5.37. The van der Waals surface area contributed by atoms with E-state index in [9.17, 15) is 9.59 Å². The molecule has 0 saturated heterocycles. The molecule has 0 atom stereocenters. The van der Waals surface area contributed by atoms with Crippen LogP contribution in [0.4, 0.5) is 0 Å². The molecule has 0 saturated carbocycles. The molecule has 1 aromatic rings. The van der Waals surface area contributed by atoms with Gasteiger partial charge >= 0.3 is 5.97 Å². The van der Waals surface area contributed by atoms with Gasteiger partial charge in [-0.3, -0.25) is 9.59 Å². The number of ether oxygens (including phenoxy) is 1. The highest BCUT2D eigenvalue weighted by atomic mass is 16.5. The molecule has 1 heterocycles. The highest BCUT2D eigenvalue weighted by Crippen LogP contribution is 2.08. The number of nitrogens with one attached hydrogen (secondary N) is 1. The molecule has 0 unspecified atom stereocenters. The molecule has 118 valence electrons.